The zero-order valence-corrected chi connectivity index (χ0v) is 17.5. The number of likely N-dealkylation sites (tertiary alicyclic amines) is 1. The van der Waals surface area contributed by atoms with E-state index in [2.05, 4.69) is 19.2 Å². The van der Waals surface area contributed by atoms with Crippen molar-refractivity contribution in [3.8, 4) is 0 Å². The molecule has 2 aromatic rings. The average molecular weight is 422 g/mol. The van der Waals surface area contributed by atoms with Gasteiger partial charge in [-0.05, 0) is 48.2 Å². The normalized spacial score (nSPS) is 18.1. The number of hydrogen-bond acceptors (Lipinski definition) is 3. The molecule has 0 bridgehead atoms. The van der Waals surface area contributed by atoms with E-state index in [0.29, 0.717) is 34.9 Å². The van der Waals surface area contributed by atoms with E-state index < -0.39 is 0 Å². The van der Waals surface area contributed by atoms with Gasteiger partial charge in [-0.2, -0.15) is 0 Å². The number of nitrogens with two attached hydrogens (primary N) is 1. The Morgan fingerprint density at radius 1 is 1.14 bits per heavy atom. The molecule has 1 saturated heterocycles. The first-order valence-electron chi connectivity index (χ1n) is 8.99. The van der Waals surface area contributed by atoms with Crippen LogP contribution in [0.4, 0.5) is 5.69 Å². The fraction of sp³-hybridized carbons (Fsp3) is 0.333. The Balaban J connectivity index is 0.00000280. The van der Waals surface area contributed by atoms with Gasteiger partial charge in [-0.15, -0.1) is 12.4 Å². The summed E-state index contributed by atoms with van der Waals surface area (Å²) in [5.41, 5.74) is 7.49. The van der Waals surface area contributed by atoms with Crippen LogP contribution in [0.5, 0.6) is 0 Å². The SMILES string of the molecule is CC1(C)CN(C(=O)c2ccccc2NC(=O)c2ccc(Cl)cc2)CCC1N.Cl. The second kappa shape index (κ2) is 8.95. The fourth-order valence-corrected chi connectivity index (χ4v) is 3.42. The maximum atomic E-state index is 13.1. The number of halogens is 2. The van der Waals surface area contributed by atoms with E-state index in [0.717, 1.165) is 6.42 Å². The molecule has 0 aromatic heterocycles. The van der Waals surface area contributed by atoms with Crippen LogP contribution in [0, 0.1) is 5.41 Å². The summed E-state index contributed by atoms with van der Waals surface area (Å²) in [7, 11) is 0. The number of carbonyl (C=O) groups is 2. The summed E-state index contributed by atoms with van der Waals surface area (Å²) in [6, 6.07) is 13.8. The van der Waals surface area contributed by atoms with E-state index in [9.17, 15) is 9.59 Å². The number of para-hydroxylation sites is 1. The largest absolute Gasteiger partial charge is 0.338 e. The first-order chi connectivity index (χ1) is 12.8. The molecule has 0 saturated carbocycles. The summed E-state index contributed by atoms with van der Waals surface area (Å²) < 4.78 is 0. The maximum absolute atomic E-state index is 13.1. The quantitative estimate of drug-likeness (QED) is 0.778. The molecule has 28 heavy (non-hydrogen) atoms. The molecule has 150 valence electrons. The summed E-state index contributed by atoms with van der Waals surface area (Å²) in [5, 5.41) is 3.40. The molecular formula is C21H25Cl2N3O2. The zero-order valence-electron chi connectivity index (χ0n) is 15.9. The number of piperidine rings is 1. The van der Waals surface area contributed by atoms with E-state index in [1.165, 1.54) is 0 Å². The molecule has 0 aliphatic carbocycles. The van der Waals surface area contributed by atoms with Gasteiger partial charge in [-0.3, -0.25) is 9.59 Å². The number of nitrogens with zero attached hydrogens (tertiary/aromatic N) is 1. The second-order valence-electron chi connectivity index (χ2n) is 7.62. The number of anilines is 1. The lowest BCUT2D eigenvalue weighted by Gasteiger charge is -2.42. The van der Waals surface area contributed by atoms with Gasteiger partial charge in [-0.25, -0.2) is 0 Å². The Hall–Kier alpha value is -2.08. The van der Waals surface area contributed by atoms with Crippen molar-refractivity contribution in [3.63, 3.8) is 0 Å². The van der Waals surface area contributed by atoms with Crippen LogP contribution in [0.3, 0.4) is 0 Å². The molecule has 3 N–H and O–H groups in total. The summed E-state index contributed by atoms with van der Waals surface area (Å²) in [6.45, 7) is 5.35. The van der Waals surface area contributed by atoms with E-state index in [1.807, 2.05) is 4.90 Å². The van der Waals surface area contributed by atoms with Gasteiger partial charge in [0.05, 0.1) is 11.3 Å². The van der Waals surface area contributed by atoms with Crippen LogP contribution >= 0.6 is 24.0 Å². The molecule has 7 heteroatoms. The third-order valence-electron chi connectivity index (χ3n) is 5.11. The van der Waals surface area contributed by atoms with Crippen molar-refractivity contribution in [3.05, 3.63) is 64.7 Å². The number of rotatable bonds is 3. The van der Waals surface area contributed by atoms with Crippen molar-refractivity contribution in [1.29, 1.82) is 0 Å². The highest BCUT2D eigenvalue weighted by molar-refractivity contribution is 6.30. The third kappa shape index (κ3) is 4.85. The topological polar surface area (TPSA) is 75.4 Å². The summed E-state index contributed by atoms with van der Waals surface area (Å²) >= 11 is 5.87. The number of carbonyl (C=O) groups excluding carboxylic acids is 2. The molecular weight excluding hydrogens is 397 g/mol. The molecule has 0 radical (unpaired) electrons. The average Bonchev–Trinajstić information content (AvgIpc) is 2.64. The van der Waals surface area contributed by atoms with Crippen LogP contribution in [0.25, 0.3) is 0 Å². The lowest BCUT2D eigenvalue weighted by atomic mass is 9.79. The number of hydrogen-bond donors (Lipinski definition) is 2. The van der Waals surface area contributed by atoms with Gasteiger partial charge in [0.2, 0.25) is 0 Å². The van der Waals surface area contributed by atoms with Crippen LogP contribution in [0.1, 0.15) is 41.0 Å². The minimum Gasteiger partial charge on any atom is -0.338 e. The molecule has 1 unspecified atom stereocenters. The highest BCUT2D eigenvalue weighted by Gasteiger charge is 2.36. The summed E-state index contributed by atoms with van der Waals surface area (Å²) in [6.07, 6.45) is 0.762. The van der Waals surface area contributed by atoms with Crippen LogP contribution in [-0.2, 0) is 0 Å². The Kier molecular flexibility index (Phi) is 7.10. The van der Waals surface area contributed by atoms with Gasteiger partial charge >= 0.3 is 0 Å². The van der Waals surface area contributed by atoms with Gasteiger partial charge in [0, 0.05) is 29.7 Å². The standard InChI is InChI=1S/C21H24ClN3O2.ClH/c1-21(2)13-25(12-11-18(21)23)20(27)16-5-3-4-6-17(16)24-19(26)14-7-9-15(22)10-8-14;/h3-10,18H,11-13,23H2,1-2H3,(H,24,26);1H. The minimum absolute atomic E-state index is 0. The Labute approximate surface area is 176 Å². The monoisotopic (exact) mass is 421 g/mol. The zero-order chi connectivity index (χ0) is 19.6. The molecule has 1 fully saturated rings. The van der Waals surface area contributed by atoms with Gasteiger partial charge in [0.1, 0.15) is 0 Å². The van der Waals surface area contributed by atoms with Crippen molar-refractivity contribution < 1.29 is 9.59 Å². The third-order valence-corrected chi connectivity index (χ3v) is 5.36. The molecule has 1 aliphatic rings. The smallest absolute Gasteiger partial charge is 0.255 e. The van der Waals surface area contributed by atoms with Crippen molar-refractivity contribution in [2.45, 2.75) is 26.3 Å². The van der Waals surface area contributed by atoms with E-state index in [1.54, 1.807) is 48.5 Å². The van der Waals surface area contributed by atoms with Gasteiger partial charge in [-0.1, -0.05) is 37.6 Å². The van der Waals surface area contributed by atoms with Gasteiger partial charge in [0.25, 0.3) is 11.8 Å². The van der Waals surface area contributed by atoms with Gasteiger partial charge in [0.15, 0.2) is 0 Å². The molecule has 5 nitrogen and oxygen atoms in total. The first kappa shape index (κ1) is 22.2. The molecule has 1 aliphatic heterocycles. The number of benzene rings is 2. The molecule has 1 atom stereocenters. The first-order valence-corrected chi connectivity index (χ1v) is 9.36. The fourth-order valence-electron chi connectivity index (χ4n) is 3.29. The van der Waals surface area contributed by atoms with Crippen molar-refractivity contribution in [2.75, 3.05) is 18.4 Å². The van der Waals surface area contributed by atoms with Crippen molar-refractivity contribution in [1.82, 2.24) is 4.90 Å². The van der Waals surface area contributed by atoms with Crippen LogP contribution < -0.4 is 11.1 Å². The van der Waals surface area contributed by atoms with E-state index >= 15 is 0 Å². The predicted molar refractivity (Wildman–Crippen MR) is 115 cm³/mol. The maximum Gasteiger partial charge on any atom is 0.255 e. The number of nitrogens with one attached hydrogen (secondary N) is 1. The Bertz CT molecular complexity index is 853. The highest BCUT2D eigenvalue weighted by Crippen LogP contribution is 2.29. The Morgan fingerprint density at radius 2 is 1.79 bits per heavy atom. The molecule has 3 rings (SSSR count). The molecule has 2 amide bonds. The second-order valence-corrected chi connectivity index (χ2v) is 8.05. The minimum atomic E-state index is -0.284. The molecule has 1 heterocycles. The Morgan fingerprint density at radius 3 is 2.43 bits per heavy atom. The lowest BCUT2D eigenvalue weighted by molar-refractivity contribution is 0.0534. The lowest BCUT2D eigenvalue weighted by Crippen LogP contribution is -2.54. The van der Waals surface area contributed by atoms with Crippen LogP contribution in [0.2, 0.25) is 5.02 Å². The summed E-state index contributed by atoms with van der Waals surface area (Å²) in [5.74, 6) is -0.380. The molecule has 0 spiro atoms. The predicted octanol–water partition coefficient (Wildman–Crippen LogP) is 4.21. The summed E-state index contributed by atoms with van der Waals surface area (Å²) in [4.78, 5) is 27.4. The molecule has 2 aromatic carbocycles. The highest BCUT2D eigenvalue weighted by atomic mass is 35.5. The number of amides is 2. The van der Waals surface area contributed by atoms with Crippen LogP contribution in [0.15, 0.2) is 48.5 Å². The van der Waals surface area contributed by atoms with Crippen molar-refractivity contribution >= 4 is 41.5 Å². The van der Waals surface area contributed by atoms with E-state index in [4.69, 9.17) is 17.3 Å². The van der Waals surface area contributed by atoms with E-state index in [-0.39, 0.29) is 35.7 Å². The van der Waals surface area contributed by atoms with Gasteiger partial charge < -0.3 is 16.0 Å². The van der Waals surface area contributed by atoms with Crippen molar-refractivity contribution in [2.24, 2.45) is 11.1 Å². The van der Waals surface area contributed by atoms with Crippen LogP contribution in [-0.4, -0.2) is 35.8 Å².